The Morgan fingerprint density at radius 2 is 2.25 bits per heavy atom. The minimum atomic E-state index is -0.718. The van der Waals surface area contributed by atoms with Crippen molar-refractivity contribution in [3.05, 3.63) is 0 Å². The van der Waals surface area contributed by atoms with Gasteiger partial charge in [0.05, 0.1) is 0 Å². The molecule has 0 saturated carbocycles. The number of nitrogens with zero attached hydrogens (tertiary/aromatic N) is 1. The first-order valence-corrected chi connectivity index (χ1v) is 7.93. The van der Waals surface area contributed by atoms with Gasteiger partial charge in [-0.25, -0.2) is 0 Å². The molecule has 0 radical (unpaired) electrons. The van der Waals surface area contributed by atoms with Crippen molar-refractivity contribution in [1.29, 1.82) is 0 Å². The maximum Gasteiger partial charge on any atom is 0.0386 e. The van der Waals surface area contributed by atoms with Crippen molar-refractivity contribution in [3.63, 3.8) is 0 Å². The largest absolute Gasteiger partial charge is 0.327 e. The second kappa shape index (κ2) is 7.41. The summed E-state index contributed by atoms with van der Waals surface area (Å²) in [4.78, 5) is 2.42. The topological polar surface area (TPSA) is 46.3 Å². The molecule has 1 saturated heterocycles. The van der Waals surface area contributed by atoms with Crippen molar-refractivity contribution in [2.75, 3.05) is 25.1 Å². The zero-order chi connectivity index (χ0) is 12.0. The van der Waals surface area contributed by atoms with Crippen molar-refractivity contribution in [2.45, 2.75) is 51.1 Å². The molecule has 96 valence electrons. The summed E-state index contributed by atoms with van der Waals surface area (Å²) in [5.74, 6) is 1.50. The SMILES string of the molecule is CCC(N)CS(=O)CCC1CCCCN1C. The van der Waals surface area contributed by atoms with Gasteiger partial charge < -0.3 is 10.6 Å². The summed E-state index contributed by atoms with van der Waals surface area (Å²) >= 11 is 0. The van der Waals surface area contributed by atoms with Crippen molar-refractivity contribution < 1.29 is 4.21 Å². The highest BCUT2D eigenvalue weighted by atomic mass is 32.2. The number of piperidine rings is 1. The van der Waals surface area contributed by atoms with E-state index in [4.69, 9.17) is 5.73 Å². The number of rotatable bonds is 6. The first-order valence-electron chi connectivity index (χ1n) is 6.44. The molecule has 0 aliphatic carbocycles. The van der Waals surface area contributed by atoms with Crippen LogP contribution >= 0.6 is 0 Å². The minimum absolute atomic E-state index is 0.116. The molecule has 0 aromatic carbocycles. The molecule has 1 fully saturated rings. The van der Waals surface area contributed by atoms with Crippen LogP contribution in [0.5, 0.6) is 0 Å². The molecule has 3 unspecified atom stereocenters. The van der Waals surface area contributed by atoms with E-state index in [1.54, 1.807) is 0 Å². The van der Waals surface area contributed by atoms with Gasteiger partial charge in [0.25, 0.3) is 0 Å². The maximum atomic E-state index is 11.8. The van der Waals surface area contributed by atoms with Crippen molar-refractivity contribution in [2.24, 2.45) is 5.73 Å². The lowest BCUT2D eigenvalue weighted by Crippen LogP contribution is -2.37. The van der Waals surface area contributed by atoms with Gasteiger partial charge in [-0.05, 0) is 39.3 Å². The van der Waals surface area contributed by atoms with Gasteiger partial charge in [-0.1, -0.05) is 13.3 Å². The van der Waals surface area contributed by atoms with Crippen LogP contribution in [0, 0.1) is 0 Å². The Hall–Kier alpha value is 0.0700. The van der Waals surface area contributed by atoms with E-state index in [0.717, 1.165) is 18.6 Å². The van der Waals surface area contributed by atoms with Crippen LogP contribution in [-0.4, -0.2) is 46.3 Å². The standard InChI is InChI=1S/C12H26N2OS/c1-3-11(13)10-16(15)9-7-12-6-4-5-8-14(12)2/h11-12H,3-10,13H2,1-2H3. The van der Waals surface area contributed by atoms with E-state index >= 15 is 0 Å². The summed E-state index contributed by atoms with van der Waals surface area (Å²) in [6, 6.07) is 0.764. The molecular weight excluding hydrogens is 220 g/mol. The monoisotopic (exact) mass is 246 g/mol. The highest BCUT2D eigenvalue weighted by Gasteiger charge is 2.19. The van der Waals surface area contributed by atoms with Crippen molar-refractivity contribution in [1.82, 2.24) is 4.90 Å². The van der Waals surface area contributed by atoms with E-state index in [0.29, 0.717) is 11.8 Å². The molecule has 0 bridgehead atoms. The fourth-order valence-corrected chi connectivity index (χ4v) is 3.63. The molecule has 0 aromatic heterocycles. The fourth-order valence-electron chi connectivity index (χ4n) is 2.22. The molecule has 0 spiro atoms. The lowest BCUT2D eigenvalue weighted by atomic mass is 10.0. The molecule has 4 heteroatoms. The number of hydrogen-bond acceptors (Lipinski definition) is 3. The van der Waals surface area contributed by atoms with Gasteiger partial charge in [0.2, 0.25) is 0 Å². The second-order valence-corrected chi connectivity index (χ2v) is 6.52. The first-order chi connectivity index (χ1) is 7.63. The van der Waals surface area contributed by atoms with Crippen LogP contribution in [0.15, 0.2) is 0 Å². The van der Waals surface area contributed by atoms with Crippen LogP contribution in [0.1, 0.15) is 39.0 Å². The van der Waals surface area contributed by atoms with Gasteiger partial charge in [0, 0.05) is 34.4 Å². The number of nitrogens with two attached hydrogens (primary N) is 1. The lowest BCUT2D eigenvalue weighted by Gasteiger charge is -2.32. The molecule has 0 amide bonds. The predicted octanol–water partition coefficient (Wildman–Crippen LogP) is 1.35. The average Bonchev–Trinajstić information content (AvgIpc) is 2.28. The fraction of sp³-hybridized carbons (Fsp3) is 1.00. The maximum absolute atomic E-state index is 11.8. The molecule has 0 aromatic rings. The van der Waals surface area contributed by atoms with E-state index in [9.17, 15) is 4.21 Å². The highest BCUT2D eigenvalue weighted by molar-refractivity contribution is 7.85. The Morgan fingerprint density at radius 3 is 2.88 bits per heavy atom. The Bertz CT molecular complexity index is 223. The number of hydrogen-bond donors (Lipinski definition) is 1. The molecule has 3 atom stereocenters. The third-order valence-electron chi connectivity index (χ3n) is 3.52. The highest BCUT2D eigenvalue weighted by Crippen LogP contribution is 2.17. The Balaban J connectivity index is 2.20. The van der Waals surface area contributed by atoms with Gasteiger partial charge in [0.1, 0.15) is 0 Å². The van der Waals surface area contributed by atoms with Crippen LogP contribution in [0.25, 0.3) is 0 Å². The number of likely N-dealkylation sites (tertiary alicyclic amines) is 1. The normalized spacial score (nSPS) is 26.6. The van der Waals surface area contributed by atoms with Crippen molar-refractivity contribution in [3.8, 4) is 0 Å². The molecule has 2 N–H and O–H groups in total. The molecule has 1 heterocycles. The third-order valence-corrected chi connectivity index (χ3v) is 5.02. The lowest BCUT2D eigenvalue weighted by molar-refractivity contribution is 0.182. The Morgan fingerprint density at radius 1 is 1.50 bits per heavy atom. The summed E-state index contributed by atoms with van der Waals surface area (Å²) < 4.78 is 11.8. The van der Waals surface area contributed by atoms with Gasteiger partial charge in [-0.3, -0.25) is 4.21 Å². The average molecular weight is 246 g/mol. The second-order valence-electron chi connectivity index (χ2n) is 4.90. The summed E-state index contributed by atoms with van der Waals surface area (Å²) in [7, 11) is 1.47. The van der Waals surface area contributed by atoms with E-state index < -0.39 is 10.8 Å². The van der Waals surface area contributed by atoms with Gasteiger partial charge in [-0.15, -0.1) is 0 Å². The van der Waals surface area contributed by atoms with E-state index in [1.165, 1.54) is 25.8 Å². The zero-order valence-electron chi connectivity index (χ0n) is 10.7. The summed E-state index contributed by atoms with van der Waals surface area (Å²) in [6.45, 7) is 3.25. The van der Waals surface area contributed by atoms with Crippen LogP contribution < -0.4 is 5.73 Å². The van der Waals surface area contributed by atoms with Crippen LogP contribution in [0.3, 0.4) is 0 Å². The molecule has 1 aliphatic heterocycles. The van der Waals surface area contributed by atoms with E-state index in [-0.39, 0.29) is 6.04 Å². The van der Waals surface area contributed by atoms with Gasteiger partial charge in [-0.2, -0.15) is 0 Å². The Kier molecular flexibility index (Phi) is 6.54. The predicted molar refractivity (Wildman–Crippen MR) is 71.0 cm³/mol. The summed E-state index contributed by atoms with van der Waals surface area (Å²) in [6.07, 6.45) is 5.91. The third kappa shape index (κ3) is 4.93. The first kappa shape index (κ1) is 14.1. The summed E-state index contributed by atoms with van der Waals surface area (Å²) in [5, 5.41) is 0. The van der Waals surface area contributed by atoms with Gasteiger partial charge >= 0.3 is 0 Å². The molecule has 1 rings (SSSR count). The quantitative estimate of drug-likeness (QED) is 0.769. The molecular formula is C12H26N2OS. The van der Waals surface area contributed by atoms with Crippen LogP contribution in [0.4, 0.5) is 0 Å². The molecule has 3 nitrogen and oxygen atoms in total. The Labute approximate surface area is 102 Å². The van der Waals surface area contributed by atoms with E-state index in [2.05, 4.69) is 18.9 Å². The molecule has 16 heavy (non-hydrogen) atoms. The summed E-state index contributed by atoms with van der Waals surface area (Å²) in [5.41, 5.74) is 5.81. The zero-order valence-corrected chi connectivity index (χ0v) is 11.5. The smallest absolute Gasteiger partial charge is 0.0386 e. The minimum Gasteiger partial charge on any atom is -0.327 e. The van der Waals surface area contributed by atoms with Gasteiger partial charge in [0.15, 0.2) is 0 Å². The van der Waals surface area contributed by atoms with Crippen molar-refractivity contribution >= 4 is 10.8 Å². The van der Waals surface area contributed by atoms with E-state index in [1.807, 2.05) is 0 Å². The van der Waals surface area contributed by atoms with Crippen LogP contribution in [-0.2, 0) is 10.8 Å². The molecule has 1 aliphatic rings. The van der Waals surface area contributed by atoms with Crippen LogP contribution in [0.2, 0.25) is 0 Å².